The third-order valence-electron chi connectivity index (χ3n) is 3.98. The molecule has 0 heterocycles. The van der Waals surface area contributed by atoms with Gasteiger partial charge in [0, 0.05) is 6.07 Å². The van der Waals surface area contributed by atoms with Crippen LogP contribution in [-0.2, 0) is 11.2 Å². The van der Waals surface area contributed by atoms with E-state index in [0.717, 1.165) is 34.5 Å². The zero-order chi connectivity index (χ0) is 17.8. The van der Waals surface area contributed by atoms with Gasteiger partial charge in [-0.2, -0.15) is 0 Å². The fraction of sp³-hybridized carbons (Fsp3) is 0.150. The Bertz CT molecular complexity index is 891. The van der Waals surface area contributed by atoms with Gasteiger partial charge in [0.2, 0.25) is 5.91 Å². The molecule has 3 aromatic carbocycles. The summed E-state index contributed by atoms with van der Waals surface area (Å²) in [4.78, 5) is 12.2. The SMILES string of the molecule is O=C(Cc1cc(F)cc(F)c1)N[C@@H](CO)c1ccc2ccccc2c1. The van der Waals surface area contributed by atoms with Crippen molar-refractivity contribution < 1.29 is 18.7 Å². The van der Waals surface area contributed by atoms with Crippen LogP contribution in [0.3, 0.4) is 0 Å². The van der Waals surface area contributed by atoms with E-state index in [9.17, 15) is 18.7 Å². The highest BCUT2D eigenvalue weighted by atomic mass is 19.1. The van der Waals surface area contributed by atoms with Gasteiger partial charge in [-0.3, -0.25) is 4.79 Å². The Balaban J connectivity index is 1.75. The van der Waals surface area contributed by atoms with Gasteiger partial charge >= 0.3 is 0 Å². The molecule has 0 unspecified atom stereocenters. The molecule has 0 spiro atoms. The maximum atomic E-state index is 13.2. The van der Waals surface area contributed by atoms with Crippen LogP contribution in [0, 0.1) is 11.6 Å². The van der Waals surface area contributed by atoms with E-state index in [4.69, 9.17) is 0 Å². The Morgan fingerprint density at radius 2 is 1.64 bits per heavy atom. The summed E-state index contributed by atoms with van der Waals surface area (Å²) in [6.07, 6.45) is -0.168. The molecule has 25 heavy (non-hydrogen) atoms. The van der Waals surface area contributed by atoms with Gasteiger partial charge in [0.25, 0.3) is 0 Å². The van der Waals surface area contributed by atoms with Crippen molar-refractivity contribution >= 4 is 16.7 Å². The first-order chi connectivity index (χ1) is 12.0. The number of amides is 1. The number of nitrogens with one attached hydrogen (secondary N) is 1. The third kappa shape index (κ3) is 4.19. The van der Waals surface area contributed by atoms with E-state index in [2.05, 4.69) is 5.32 Å². The van der Waals surface area contributed by atoms with Crippen molar-refractivity contribution in [2.24, 2.45) is 0 Å². The lowest BCUT2D eigenvalue weighted by Crippen LogP contribution is -2.32. The number of aliphatic hydroxyl groups excluding tert-OH is 1. The first-order valence-electron chi connectivity index (χ1n) is 7.89. The molecule has 0 bridgehead atoms. The van der Waals surface area contributed by atoms with E-state index in [1.165, 1.54) is 0 Å². The van der Waals surface area contributed by atoms with Crippen LogP contribution >= 0.6 is 0 Å². The lowest BCUT2D eigenvalue weighted by Gasteiger charge is -2.17. The summed E-state index contributed by atoms with van der Waals surface area (Å²) in [5.41, 5.74) is 1.00. The molecule has 0 aliphatic rings. The van der Waals surface area contributed by atoms with E-state index in [-0.39, 0.29) is 18.6 Å². The van der Waals surface area contributed by atoms with Crippen molar-refractivity contribution in [2.75, 3.05) is 6.61 Å². The number of carbonyl (C=O) groups excluding carboxylic acids is 1. The normalized spacial score (nSPS) is 12.1. The van der Waals surface area contributed by atoms with Crippen LogP contribution in [0.4, 0.5) is 8.78 Å². The Kier molecular flexibility index (Phi) is 5.05. The zero-order valence-electron chi connectivity index (χ0n) is 13.4. The predicted molar refractivity (Wildman–Crippen MR) is 92.0 cm³/mol. The summed E-state index contributed by atoms with van der Waals surface area (Å²) >= 11 is 0. The van der Waals surface area contributed by atoms with Crippen molar-refractivity contribution in [1.82, 2.24) is 5.32 Å². The fourth-order valence-electron chi connectivity index (χ4n) is 2.80. The summed E-state index contributed by atoms with van der Waals surface area (Å²) in [7, 11) is 0. The first kappa shape index (κ1) is 17.0. The molecular formula is C20H17F2NO2. The molecular weight excluding hydrogens is 324 g/mol. The largest absolute Gasteiger partial charge is 0.394 e. The van der Waals surface area contributed by atoms with Crippen molar-refractivity contribution in [2.45, 2.75) is 12.5 Å². The van der Waals surface area contributed by atoms with E-state index < -0.39 is 23.6 Å². The summed E-state index contributed by atoms with van der Waals surface area (Å²) in [6.45, 7) is -0.276. The Hall–Kier alpha value is -2.79. The van der Waals surface area contributed by atoms with Gasteiger partial charge in [-0.05, 0) is 40.1 Å². The second kappa shape index (κ2) is 7.40. The van der Waals surface area contributed by atoms with Crippen LogP contribution in [0.5, 0.6) is 0 Å². The van der Waals surface area contributed by atoms with Crippen molar-refractivity contribution in [3.63, 3.8) is 0 Å². The minimum absolute atomic E-state index is 0.168. The Morgan fingerprint density at radius 1 is 0.960 bits per heavy atom. The van der Waals surface area contributed by atoms with Crippen LogP contribution in [0.2, 0.25) is 0 Å². The average molecular weight is 341 g/mol. The topological polar surface area (TPSA) is 49.3 Å². The van der Waals surface area contributed by atoms with E-state index in [1.54, 1.807) is 0 Å². The maximum absolute atomic E-state index is 13.2. The maximum Gasteiger partial charge on any atom is 0.224 e. The highest BCUT2D eigenvalue weighted by Gasteiger charge is 2.15. The van der Waals surface area contributed by atoms with Crippen molar-refractivity contribution in [1.29, 1.82) is 0 Å². The minimum Gasteiger partial charge on any atom is -0.394 e. The third-order valence-corrected chi connectivity index (χ3v) is 3.98. The lowest BCUT2D eigenvalue weighted by molar-refractivity contribution is -0.121. The van der Waals surface area contributed by atoms with Gasteiger partial charge in [-0.25, -0.2) is 8.78 Å². The van der Waals surface area contributed by atoms with E-state index >= 15 is 0 Å². The number of rotatable bonds is 5. The van der Waals surface area contributed by atoms with Crippen molar-refractivity contribution in [3.05, 3.63) is 83.4 Å². The molecule has 128 valence electrons. The summed E-state index contributed by atoms with van der Waals surface area (Å²) < 4.78 is 26.4. The van der Waals surface area contributed by atoms with E-state index in [0.29, 0.717) is 0 Å². The minimum atomic E-state index is -0.726. The fourth-order valence-corrected chi connectivity index (χ4v) is 2.80. The highest BCUT2D eigenvalue weighted by molar-refractivity contribution is 5.83. The van der Waals surface area contributed by atoms with Gasteiger partial charge in [-0.1, -0.05) is 36.4 Å². The molecule has 1 amide bonds. The molecule has 2 N–H and O–H groups in total. The first-order valence-corrected chi connectivity index (χ1v) is 7.89. The zero-order valence-corrected chi connectivity index (χ0v) is 13.4. The number of fused-ring (bicyclic) bond motifs is 1. The van der Waals surface area contributed by atoms with Gasteiger partial charge < -0.3 is 10.4 Å². The number of halogens is 2. The molecule has 3 aromatic rings. The van der Waals surface area contributed by atoms with Crippen LogP contribution in [0.15, 0.2) is 60.7 Å². The second-order valence-corrected chi connectivity index (χ2v) is 5.86. The van der Waals surface area contributed by atoms with Crippen LogP contribution < -0.4 is 5.32 Å². The van der Waals surface area contributed by atoms with Crippen LogP contribution in [0.25, 0.3) is 10.8 Å². The molecule has 0 aliphatic carbocycles. The molecule has 1 atom stereocenters. The quantitative estimate of drug-likeness (QED) is 0.746. The van der Waals surface area contributed by atoms with Gasteiger partial charge in [0.05, 0.1) is 19.1 Å². The van der Waals surface area contributed by atoms with Crippen LogP contribution in [-0.4, -0.2) is 17.6 Å². The van der Waals surface area contributed by atoms with Crippen LogP contribution in [0.1, 0.15) is 17.2 Å². The molecule has 0 saturated carbocycles. The molecule has 3 nitrogen and oxygen atoms in total. The smallest absolute Gasteiger partial charge is 0.224 e. The van der Waals surface area contributed by atoms with Gasteiger partial charge in [-0.15, -0.1) is 0 Å². The van der Waals surface area contributed by atoms with Gasteiger partial charge in [0.1, 0.15) is 11.6 Å². The number of benzene rings is 3. The lowest BCUT2D eigenvalue weighted by atomic mass is 10.0. The standard InChI is InChI=1S/C20H17F2NO2/c21-17-7-13(8-18(22)11-17)9-20(25)23-19(12-24)16-6-5-14-3-1-2-4-15(14)10-16/h1-8,10-11,19,24H,9,12H2,(H,23,25)/t19-/m0/s1. The second-order valence-electron chi connectivity index (χ2n) is 5.86. The molecule has 0 radical (unpaired) electrons. The average Bonchev–Trinajstić information content (AvgIpc) is 2.58. The summed E-state index contributed by atoms with van der Waals surface area (Å²) in [6, 6.07) is 15.8. The number of aliphatic hydroxyl groups is 1. The summed E-state index contributed by atoms with van der Waals surface area (Å²) in [5, 5.41) is 14.4. The molecule has 3 rings (SSSR count). The summed E-state index contributed by atoms with van der Waals surface area (Å²) in [5.74, 6) is -1.87. The molecule has 0 fully saturated rings. The monoisotopic (exact) mass is 341 g/mol. The molecule has 0 saturated heterocycles. The number of hydrogen-bond donors (Lipinski definition) is 2. The van der Waals surface area contributed by atoms with E-state index in [1.807, 2.05) is 42.5 Å². The van der Waals surface area contributed by atoms with Gasteiger partial charge in [0.15, 0.2) is 0 Å². The predicted octanol–water partition coefficient (Wildman–Crippen LogP) is 3.51. The number of carbonyl (C=O) groups is 1. The molecule has 0 aromatic heterocycles. The van der Waals surface area contributed by atoms with Crippen molar-refractivity contribution in [3.8, 4) is 0 Å². The Morgan fingerprint density at radius 3 is 2.32 bits per heavy atom. The number of hydrogen-bond acceptors (Lipinski definition) is 2. The Labute approximate surface area is 143 Å². The molecule has 0 aliphatic heterocycles. The highest BCUT2D eigenvalue weighted by Crippen LogP contribution is 2.20. The molecule has 5 heteroatoms.